The van der Waals surface area contributed by atoms with Gasteiger partial charge in [0, 0.05) is 17.8 Å². The van der Waals surface area contributed by atoms with Crippen molar-refractivity contribution in [3.8, 4) is 29.0 Å². The second-order valence-corrected chi connectivity index (χ2v) is 6.66. The van der Waals surface area contributed by atoms with Crippen molar-refractivity contribution in [3.05, 3.63) is 58.7 Å². The van der Waals surface area contributed by atoms with Gasteiger partial charge in [0.2, 0.25) is 11.7 Å². The van der Waals surface area contributed by atoms with Crippen LogP contribution in [0.25, 0.3) is 11.0 Å². The Morgan fingerprint density at radius 2 is 1.66 bits per heavy atom. The van der Waals surface area contributed by atoms with E-state index in [9.17, 15) is 4.79 Å². The maximum atomic E-state index is 11.9. The third kappa shape index (κ3) is 4.24. The summed E-state index contributed by atoms with van der Waals surface area (Å²) in [4.78, 5) is 24.4. The molecule has 2 heterocycles. The number of rotatable bonds is 7. The SMILES string of the molecule is COc1cc(Nc2ncnc(Oc3cc(=O)oc4ccc(C)cc34)n2)cc(OC)c1OC. The molecule has 0 aliphatic rings. The predicted molar refractivity (Wildman–Crippen MR) is 117 cm³/mol. The third-order valence-electron chi connectivity index (χ3n) is 4.53. The first-order valence-electron chi connectivity index (χ1n) is 9.49. The Hall–Kier alpha value is -4.34. The second-order valence-electron chi connectivity index (χ2n) is 6.66. The van der Waals surface area contributed by atoms with Crippen LogP contribution in [0.3, 0.4) is 0 Å². The van der Waals surface area contributed by atoms with Crippen LogP contribution >= 0.6 is 0 Å². The summed E-state index contributed by atoms with van der Waals surface area (Å²) in [6, 6.07) is 10.1. The van der Waals surface area contributed by atoms with Gasteiger partial charge in [0.25, 0.3) is 0 Å². The zero-order chi connectivity index (χ0) is 22.7. The van der Waals surface area contributed by atoms with E-state index in [1.807, 2.05) is 19.1 Å². The number of hydrogen-bond acceptors (Lipinski definition) is 10. The van der Waals surface area contributed by atoms with E-state index in [2.05, 4.69) is 20.3 Å². The largest absolute Gasteiger partial charge is 0.493 e. The average Bonchev–Trinajstić information content (AvgIpc) is 2.79. The lowest BCUT2D eigenvalue weighted by Gasteiger charge is -2.14. The predicted octanol–water partition coefficient (Wildman–Crippen LogP) is 3.85. The van der Waals surface area contributed by atoms with Gasteiger partial charge in [0.15, 0.2) is 11.5 Å². The molecule has 4 rings (SSSR count). The summed E-state index contributed by atoms with van der Waals surface area (Å²) in [5.74, 6) is 1.90. The van der Waals surface area contributed by atoms with Crippen molar-refractivity contribution in [1.29, 1.82) is 0 Å². The molecule has 0 saturated carbocycles. The van der Waals surface area contributed by atoms with Crippen molar-refractivity contribution in [2.75, 3.05) is 26.6 Å². The summed E-state index contributed by atoms with van der Waals surface area (Å²) in [5.41, 5.74) is 1.44. The van der Waals surface area contributed by atoms with Crippen LogP contribution in [0.4, 0.5) is 11.6 Å². The van der Waals surface area contributed by atoms with Crippen LogP contribution in [0.2, 0.25) is 0 Å². The van der Waals surface area contributed by atoms with Gasteiger partial charge in [-0.3, -0.25) is 0 Å². The van der Waals surface area contributed by atoms with E-state index in [1.54, 1.807) is 18.2 Å². The van der Waals surface area contributed by atoms with Crippen LogP contribution in [-0.4, -0.2) is 36.3 Å². The van der Waals surface area contributed by atoms with E-state index < -0.39 is 5.63 Å². The molecule has 0 spiro atoms. The Kier molecular flexibility index (Phi) is 5.75. The Labute approximate surface area is 182 Å². The molecule has 0 radical (unpaired) electrons. The number of ether oxygens (including phenoxy) is 4. The molecule has 0 unspecified atom stereocenters. The molecule has 0 aliphatic heterocycles. The number of methoxy groups -OCH3 is 3. The van der Waals surface area contributed by atoms with Crippen LogP contribution in [0.5, 0.6) is 29.0 Å². The van der Waals surface area contributed by atoms with Crippen LogP contribution < -0.4 is 29.9 Å². The highest BCUT2D eigenvalue weighted by Gasteiger charge is 2.15. The minimum atomic E-state index is -0.541. The quantitative estimate of drug-likeness (QED) is 0.428. The highest BCUT2D eigenvalue weighted by Crippen LogP contribution is 2.40. The normalized spacial score (nSPS) is 10.6. The molecule has 1 N–H and O–H groups in total. The summed E-state index contributed by atoms with van der Waals surface area (Å²) in [6.45, 7) is 1.93. The molecule has 0 atom stereocenters. The standard InChI is InChI=1S/C22H20N4O6/c1-12-5-6-15-14(7-12)16(10-19(27)31-15)32-22-24-11-23-21(26-22)25-13-8-17(28-2)20(30-4)18(9-13)29-3/h5-11H,1-4H3,(H,23,24,25,26). The molecule has 2 aromatic heterocycles. The molecular formula is C22H20N4O6. The minimum Gasteiger partial charge on any atom is -0.493 e. The maximum absolute atomic E-state index is 11.9. The number of fused-ring (bicyclic) bond motifs is 1. The lowest BCUT2D eigenvalue weighted by Crippen LogP contribution is -2.03. The van der Waals surface area contributed by atoms with Gasteiger partial charge in [-0.2, -0.15) is 9.97 Å². The van der Waals surface area contributed by atoms with Gasteiger partial charge in [0.1, 0.15) is 17.7 Å². The summed E-state index contributed by atoms with van der Waals surface area (Å²) < 4.78 is 27.1. The van der Waals surface area contributed by atoms with Crippen LogP contribution in [0, 0.1) is 6.92 Å². The summed E-state index contributed by atoms with van der Waals surface area (Å²) in [5, 5.41) is 3.68. The van der Waals surface area contributed by atoms with Crippen molar-refractivity contribution < 1.29 is 23.4 Å². The molecule has 0 saturated heterocycles. The molecule has 2 aromatic carbocycles. The minimum absolute atomic E-state index is 0.00310. The zero-order valence-corrected chi connectivity index (χ0v) is 17.8. The molecule has 4 aromatic rings. The van der Waals surface area contributed by atoms with Gasteiger partial charge in [0.05, 0.1) is 32.8 Å². The van der Waals surface area contributed by atoms with E-state index in [0.717, 1.165) is 5.56 Å². The molecule has 10 nitrogen and oxygen atoms in total. The number of nitrogens with zero attached hydrogens (tertiary/aromatic N) is 3. The first kappa shape index (κ1) is 20.9. The number of benzene rings is 2. The van der Waals surface area contributed by atoms with Crippen LogP contribution in [0.1, 0.15) is 5.56 Å². The van der Waals surface area contributed by atoms with Gasteiger partial charge in [-0.15, -0.1) is 0 Å². The van der Waals surface area contributed by atoms with Gasteiger partial charge < -0.3 is 28.7 Å². The smallest absolute Gasteiger partial charge is 0.339 e. The van der Waals surface area contributed by atoms with Crippen molar-refractivity contribution >= 4 is 22.6 Å². The Bertz CT molecular complexity index is 1310. The molecule has 164 valence electrons. The fraction of sp³-hybridized carbons (Fsp3) is 0.182. The molecule has 0 fully saturated rings. The summed E-state index contributed by atoms with van der Waals surface area (Å²) >= 11 is 0. The topological polar surface area (TPSA) is 118 Å². The fourth-order valence-corrected chi connectivity index (χ4v) is 3.10. The first-order valence-corrected chi connectivity index (χ1v) is 9.49. The van der Waals surface area contributed by atoms with Crippen LogP contribution in [-0.2, 0) is 0 Å². The average molecular weight is 436 g/mol. The van der Waals surface area contributed by atoms with Crippen molar-refractivity contribution in [1.82, 2.24) is 15.0 Å². The number of anilines is 2. The maximum Gasteiger partial charge on any atom is 0.339 e. The lowest BCUT2D eigenvalue weighted by molar-refractivity contribution is 0.324. The Morgan fingerprint density at radius 3 is 2.34 bits per heavy atom. The third-order valence-corrected chi connectivity index (χ3v) is 4.53. The van der Waals surface area contributed by atoms with E-state index >= 15 is 0 Å². The Balaban J connectivity index is 1.65. The highest BCUT2D eigenvalue weighted by molar-refractivity contribution is 5.84. The molecule has 0 amide bonds. The first-order chi connectivity index (χ1) is 15.5. The highest BCUT2D eigenvalue weighted by atomic mass is 16.5. The molecule has 0 bridgehead atoms. The van der Waals surface area contributed by atoms with Crippen molar-refractivity contribution in [2.24, 2.45) is 0 Å². The van der Waals surface area contributed by atoms with Gasteiger partial charge in [-0.05, 0) is 19.1 Å². The van der Waals surface area contributed by atoms with Gasteiger partial charge >= 0.3 is 11.6 Å². The van der Waals surface area contributed by atoms with Gasteiger partial charge in [-0.1, -0.05) is 11.6 Å². The molecule has 10 heteroatoms. The number of aromatic nitrogens is 3. The molecule has 0 aliphatic carbocycles. The molecule has 32 heavy (non-hydrogen) atoms. The van der Waals surface area contributed by atoms with E-state index in [-0.39, 0.29) is 17.7 Å². The monoisotopic (exact) mass is 436 g/mol. The Morgan fingerprint density at radius 1 is 0.906 bits per heavy atom. The number of hydrogen-bond donors (Lipinski definition) is 1. The van der Waals surface area contributed by atoms with Crippen molar-refractivity contribution in [3.63, 3.8) is 0 Å². The summed E-state index contributed by atoms with van der Waals surface area (Å²) in [7, 11) is 4.58. The lowest BCUT2D eigenvalue weighted by atomic mass is 10.1. The molecular weight excluding hydrogens is 416 g/mol. The van der Waals surface area contributed by atoms with E-state index in [4.69, 9.17) is 23.4 Å². The summed E-state index contributed by atoms with van der Waals surface area (Å²) in [6.07, 6.45) is 1.29. The number of aryl methyl sites for hydroxylation is 1. The van der Waals surface area contributed by atoms with Gasteiger partial charge in [-0.25, -0.2) is 9.78 Å². The fourth-order valence-electron chi connectivity index (χ4n) is 3.10. The number of nitrogens with one attached hydrogen (secondary N) is 1. The van der Waals surface area contributed by atoms with Crippen molar-refractivity contribution in [2.45, 2.75) is 6.92 Å². The zero-order valence-electron chi connectivity index (χ0n) is 17.8. The second kappa shape index (κ2) is 8.80. The van der Waals surface area contributed by atoms with Crippen LogP contribution in [0.15, 0.2) is 51.9 Å². The van der Waals surface area contributed by atoms with E-state index in [1.165, 1.54) is 33.7 Å². The van der Waals surface area contributed by atoms with E-state index in [0.29, 0.717) is 33.9 Å².